The number of hydrogen-bond donors (Lipinski definition) is 2. The van der Waals surface area contributed by atoms with E-state index in [0.29, 0.717) is 12.5 Å². The minimum absolute atomic E-state index is 0.0567. The molecule has 3 nitrogen and oxygen atoms in total. The van der Waals surface area contributed by atoms with Crippen molar-refractivity contribution in [1.29, 1.82) is 0 Å². The molecule has 0 aromatic rings. The molecule has 0 saturated heterocycles. The Kier molecular flexibility index (Phi) is 5.11. The summed E-state index contributed by atoms with van der Waals surface area (Å²) < 4.78 is 0. The van der Waals surface area contributed by atoms with Crippen molar-refractivity contribution in [2.45, 2.75) is 89.6 Å². The Morgan fingerprint density at radius 3 is 2.30 bits per heavy atom. The van der Waals surface area contributed by atoms with Gasteiger partial charge in [-0.15, -0.1) is 0 Å². The SMILES string of the molecule is CNC1(CC(=O)NC2CCCCC2(C)C)CCCCC1. The van der Waals surface area contributed by atoms with Crippen molar-refractivity contribution in [3.05, 3.63) is 0 Å². The summed E-state index contributed by atoms with van der Waals surface area (Å²) in [6, 6.07) is 0.362. The van der Waals surface area contributed by atoms with Gasteiger partial charge in [0.25, 0.3) is 0 Å². The predicted molar refractivity (Wildman–Crippen MR) is 83.7 cm³/mol. The average molecular weight is 280 g/mol. The van der Waals surface area contributed by atoms with E-state index in [2.05, 4.69) is 24.5 Å². The molecule has 2 saturated carbocycles. The number of nitrogens with one attached hydrogen (secondary N) is 2. The van der Waals surface area contributed by atoms with E-state index >= 15 is 0 Å². The zero-order chi connectivity index (χ0) is 14.6. The van der Waals surface area contributed by atoms with E-state index in [1.165, 1.54) is 38.5 Å². The smallest absolute Gasteiger partial charge is 0.222 e. The normalized spacial score (nSPS) is 28.9. The van der Waals surface area contributed by atoms with Gasteiger partial charge >= 0.3 is 0 Å². The zero-order valence-electron chi connectivity index (χ0n) is 13.6. The van der Waals surface area contributed by atoms with Crippen LogP contribution in [0.1, 0.15) is 78.1 Å². The highest BCUT2D eigenvalue weighted by Crippen LogP contribution is 2.36. The van der Waals surface area contributed by atoms with E-state index in [-0.39, 0.29) is 16.9 Å². The van der Waals surface area contributed by atoms with Crippen molar-refractivity contribution in [2.75, 3.05) is 7.05 Å². The van der Waals surface area contributed by atoms with Crippen LogP contribution in [0.25, 0.3) is 0 Å². The molecule has 2 rings (SSSR count). The lowest BCUT2D eigenvalue weighted by Gasteiger charge is -2.41. The molecule has 0 spiro atoms. The number of amides is 1. The van der Waals surface area contributed by atoms with Gasteiger partial charge in [-0.2, -0.15) is 0 Å². The van der Waals surface area contributed by atoms with Crippen molar-refractivity contribution < 1.29 is 4.79 Å². The Morgan fingerprint density at radius 2 is 1.70 bits per heavy atom. The van der Waals surface area contributed by atoms with E-state index < -0.39 is 0 Å². The molecule has 0 aliphatic heterocycles. The maximum absolute atomic E-state index is 12.5. The highest BCUT2D eigenvalue weighted by Gasteiger charge is 2.36. The molecule has 3 heteroatoms. The molecule has 2 N–H and O–H groups in total. The Morgan fingerprint density at radius 1 is 1.05 bits per heavy atom. The molecule has 0 aromatic heterocycles. The molecule has 2 aliphatic rings. The van der Waals surface area contributed by atoms with Gasteiger partial charge in [0, 0.05) is 18.0 Å². The summed E-state index contributed by atoms with van der Waals surface area (Å²) in [4.78, 5) is 12.5. The molecule has 1 unspecified atom stereocenters. The Labute approximate surface area is 124 Å². The van der Waals surface area contributed by atoms with Crippen LogP contribution in [0.2, 0.25) is 0 Å². The number of rotatable bonds is 4. The third-order valence-electron chi connectivity index (χ3n) is 5.68. The molecule has 0 aromatic carbocycles. The Hall–Kier alpha value is -0.570. The number of carbonyl (C=O) groups excluding carboxylic acids is 1. The summed E-state index contributed by atoms with van der Waals surface area (Å²) in [6.45, 7) is 4.59. The molecular formula is C17H32N2O. The highest BCUT2D eigenvalue weighted by molar-refractivity contribution is 5.77. The van der Waals surface area contributed by atoms with Crippen molar-refractivity contribution in [3.63, 3.8) is 0 Å². The molecule has 0 heterocycles. The molecule has 116 valence electrons. The fraction of sp³-hybridized carbons (Fsp3) is 0.941. The van der Waals surface area contributed by atoms with Crippen molar-refractivity contribution >= 4 is 5.91 Å². The average Bonchev–Trinajstić information content (AvgIpc) is 2.42. The van der Waals surface area contributed by atoms with Gasteiger partial charge in [0.2, 0.25) is 5.91 Å². The van der Waals surface area contributed by atoms with Crippen molar-refractivity contribution in [1.82, 2.24) is 10.6 Å². The van der Waals surface area contributed by atoms with Gasteiger partial charge in [-0.3, -0.25) is 4.79 Å². The largest absolute Gasteiger partial charge is 0.353 e. The topological polar surface area (TPSA) is 41.1 Å². The van der Waals surface area contributed by atoms with Crippen LogP contribution in [0.5, 0.6) is 0 Å². The summed E-state index contributed by atoms with van der Waals surface area (Å²) in [7, 11) is 2.02. The Bertz CT molecular complexity index is 332. The second kappa shape index (κ2) is 6.46. The molecule has 0 bridgehead atoms. The summed E-state index contributed by atoms with van der Waals surface area (Å²) in [5.74, 6) is 0.251. The van der Waals surface area contributed by atoms with Gasteiger partial charge in [-0.05, 0) is 38.1 Å². The Balaban J connectivity index is 1.90. The quantitative estimate of drug-likeness (QED) is 0.829. The fourth-order valence-corrected chi connectivity index (χ4v) is 4.06. The summed E-state index contributed by atoms with van der Waals surface area (Å²) in [6.07, 6.45) is 11.7. The van der Waals surface area contributed by atoms with Crippen LogP contribution in [0.15, 0.2) is 0 Å². The van der Waals surface area contributed by atoms with E-state index in [1.807, 2.05) is 7.05 Å². The number of carbonyl (C=O) groups is 1. The van der Waals surface area contributed by atoms with Crippen LogP contribution < -0.4 is 10.6 Å². The van der Waals surface area contributed by atoms with Gasteiger partial charge in [-0.25, -0.2) is 0 Å². The fourth-order valence-electron chi connectivity index (χ4n) is 4.06. The molecule has 0 radical (unpaired) electrons. The van der Waals surface area contributed by atoms with Crippen LogP contribution in [0, 0.1) is 5.41 Å². The van der Waals surface area contributed by atoms with Crippen LogP contribution >= 0.6 is 0 Å². The molecule has 2 aliphatic carbocycles. The van der Waals surface area contributed by atoms with Crippen LogP contribution in [0.3, 0.4) is 0 Å². The molecule has 2 fully saturated rings. The first-order valence-corrected chi connectivity index (χ1v) is 8.46. The zero-order valence-corrected chi connectivity index (χ0v) is 13.6. The van der Waals surface area contributed by atoms with Crippen molar-refractivity contribution in [2.24, 2.45) is 5.41 Å². The molecule has 1 amide bonds. The lowest BCUT2D eigenvalue weighted by atomic mass is 9.73. The minimum atomic E-state index is 0.0567. The van der Waals surface area contributed by atoms with E-state index in [1.54, 1.807) is 0 Å². The third kappa shape index (κ3) is 3.75. The first-order valence-electron chi connectivity index (χ1n) is 8.46. The van der Waals surface area contributed by atoms with Crippen molar-refractivity contribution in [3.8, 4) is 0 Å². The van der Waals surface area contributed by atoms with Gasteiger partial charge in [-0.1, -0.05) is 46.0 Å². The summed E-state index contributed by atoms with van der Waals surface area (Å²) in [5, 5.41) is 6.78. The highest BCUT2D eigenvalue weighted by atomic mass is 16.1. The second-order valence-electron chi connectivity index (χ2n) is 7.62. The molecule has 20 heavy (non-hydrogen) atoms. The van der Waals surface area contributed by atoms with E-state index in [0.717, 1.165) is 19.3 Å². The third-order valence-corrected chi connectivity index (χ3v) is 5.68. The monoisotopic (exact) mass is 280 g/mol. The molecule has 1 atom stereocenters. The van der Waals surface area contributed by atoms with Crippen LogP contribution in [0.4, 0.5) is 0 Å². The van der Waals surface area contributed by atoms with E-state index in [4.69, 9.17) is 0 Å². The lowest BCUT2D eigenvalue weighted by molar-refractivity contribution is -0.124. The first kappa shape index (κ1) is 15.8. The maximum Gasteiger partial charge on any atom is 0.222 e. The van der Waals surface area contributed by atoms with E-state index in [9.17, 15) is 4.79 Å². The minimum Gasteiger partial charge on any atom is -0.353 e. The van der Waals surface area contributed by atoms with Gasteiger partial charge in [0.05, 0.1) is 0 Å². The maximum atomic E-state index is 12.5. The van der Waals surface area contributed by atoms with Gasteiger partial charge in [0.1, 0.15) is 0 Å². The summed E-state index contributed by atoms with van der Waals surface area (Å²) >= 11 is 0. The summed E-state index contributed by atoms with van der Waals surface area (Å²) in [5.41, 5.74) is 0.314. The standard InChI is InChI=1S/C17H32N2O/c1-16(2)10-8-5-9-14(16)19-15(20)13-17(18-3)11-6-4-7-12-17/h14,18H,4-13H2,1-3H3,(H,19,20). The van der Waals surface area contributed by atoms with Crippen LogP contribution in [-0.2, 0) is 4.79 Å². The predicted octanol–water partition coefficient (Wildman–Crippen LogP) is 3.38. The molecular weight excluding hydrogens is 248 g/mol. The van der Waals surface area contributed by atoms with Gasteiger partial charge in [0.15, 0.2) is 0 Å². The lowest BCUT2D eigenvalue weighted by Crippen LogP contribution is -2.52. The first-order chi connectivity index (χ1) is 9.47. The van der Waals surface area contributed by atoms with Crippen LogP contribution in [-0.4, -0.2) is 24.5 Å². The van der Waals surface area contributed by atoms with Gasteiger partial charge < -0.3 is 10.6 Å². The second-order valence-corrected chi connectivity index (χ2v) is 7.62. The number of hydrogen-bond acceptors (Lipinski definition) is 2.